The Labute approximate surface area is 360 Å². The molecule has 0 aliphatic carbocycles. The van der Waals surface area contributed by atoms with Crippen molar-refractivity contribution in [3.05, 3.63) is 0 Å². The van der Waals surface area contributed by atoms with Crippen LogP contribution in [-0.2, 0) is 28.6 Å². The minimum absolute atomic E-state index is 0.0143. The van der Waals surface area contributed by atoms with E-state index in [0.717, 1.165) is 116 Å². The predicted octanol–water partition coefficient (Wildman–Crippen LogP) is 14.7. The first-order chi connectivity index (χ1) is 28.4. The van der Waals surface area contributed by atoms with Gasteiger partial charge in [0.05, 0.1) is 13.2 Å². The van der Waals surface area contributed by atoms with Gasteiger partial charge in [0.15, 0.2) is 0 Å². The fraction of sp³-hybridized carbons (Fsp3) is 0.941. The van der Waals surface area contributed by atoms with Gasteiger partial charge in [-0.3, -0.25) is 14.4 Å². The summed E-state index contributed by atoms with van der Waals surface area (Å²) in [6, 6.07) is 0. The predicted molar refractivity (Wildman–Crippen MR) is 244 cm³/mol. The Morgan fingerprint density at radius 1 is 0.414 bits per heavy atom. The number of ether oxygens (including phenoxy) is 3. The molecule has 1 heterocycles. The summed E-state index contributed by atoms with van der Waals surface area (Å²) in [5, 5.41) is 0. The highest BCUT2D eigenvalue weighted by Crippen LogP contribution is 2.23. The number of unbranched alkanes of at least 4 members (excludes halogenated alkanes) is 16. The molecule has 1 unspecified atom stereocenters. The van der Waals surface area contributed by atoms with Crippen LogP contribution in [0.25, 0.3) is 0 Å². The highest BCUT2D eigenvalue weighted by Gasteiger charge is 2.17. The quantitative estimate of drug-likeness (QED) is 0.0344. The molecule has 58 heavy (non-hydrogen) atoms. The highest BCUT2D eigenvalue weighted by atomic mass is 16.5. The van der Waals surface area contributed by atoms with Crippen LogP contribution in [0.2, 0.25) is 0 Å². The molecule has 1 saturated heterocycles. The van der Waals surface area contributed by atoms with Gasteiger partial charge in [-0.1, -0.05) is 169 Å². The topological polar surface area (TPSA) is 82.1 Å². The van der Waals surface area contributed by atoms with E-state index in [0.29, 0.717) is 44.3 Å². The van der Waals surface area contributed by atoms with Gasteiger partial charge >= 0.3 is 17.9 Å². The van der Waals surface area contributed by atoms with E-state index in [4.69, 9.17) is 14.2 Å². The second-order valence-corrected chi connectivity index (χ2v) is 18.1. The molecule has 7 heteroatoms. The van der Waals surface area contributed by atoms with Crippen molar-refractivity contribution in [3.63, 3.8) is 0 Å². The van der Waals surface area contributed by atoms with E-state index in [1.807, 2.05) is 0 Å². The summed E-state index contributed by atoms with van der Waals surface area (Å²) < 4.78 is 17.4. The fourth-order valence-corrected chi connectivity index (χ4v) is 8.72. The monoisotopic (exact) mass is 820 g/mol. The Morgan fingerprint density at radius 2 is 0.776 bits per heavy atom. The Hall–Kier alpha value is -1.63. The number of carbonyl (C=O) groups excluding carboxylic acids is 3. The molecular weight excluding hydrogens is 723 g/mol. The third-order valence-corrected chi connectivity index (χ3v) is 12.6. The molecule has 7 nitrogen and oxygen atoms in total. The number of esters is 3. The first-order valence-corrected chi connectivity index (χ1v) is 25.6. The summed E-state index contributed by atoms with van der Waals surface area (Å²) in [5.74, 6) is 1.27. The molecule has 1 aliphatic rings. The van der Waals surface area contributed by atoms with Gasteiger partial charge in [0, 0.05) is 19.3 Å². The van der Waals surface area contributed by atoms with Crippen LogP contribution in [0.5, 0.6) is 0 Å². The zero-order valence-corrected chi connectivity index (χ0v) is 39.1. The fourth-order valence-electron chi connectivity index (χ4n) is 8.72. The van der Waals surface area contributed by atoms with Gasteiger partial charge in [0.1, 0.15) is 6.10 Å². The molecule has 1 atom stereocenters. The van der Waals surface area contributed by atoms with E-state index in [9.17, 15) is 14.4 Å². The molecule has 0 radical (unpaired) electrons. The Morgan fingerprint density at radius 3 is 1.19 bits per heavy atom. The SMILES string of the molecule is CCCCCC(CCCCC)CCOC(=O)CCCCCCCCC(CCCCCCC(=O)OCCC(CCCCC)CCCCC)OC(=O)CCCN1CCCC1. The number of hydrogen-bond donors (Lipinski definition) is 0. The van der Waals surface area contributed by atoms with Crippen LogP contribution in [0.15, 0.2) is 0 Å². The summed E-state index contributed by atoms with van der Waals surface area (Å²) in [7, 11) is 0. The molecule has 0 aromatic rings. The maximum Gasteiger partial charge on any atom is 0.306 e. The number of carbonyl (C=O) groups is 3. The minimum Gasteiger partial charge on any atom is -0.466 e. The number of rotatable bonds is 43. The second-order valence-electron chi connectivity index (χ2n) is 18.1. The van der Waals surface area contributed by atoms with Gasteiger partial charge < -0.3 is 19.1 Å². The molecule has 0 amide bonds. The van der Waals surface area contributed by atoms with Crippen LogP contribution in [0.3, 0.4) is 0 Å². The molecule has 1 rings (SSSR count). The first kappa shape index (κ1) is 54.4. The standard InChI is InChI=1S/C51H97NO6/c1-5-9-19-30-46(31-20-10-6-2)39-44-56-49(53)36-25-16-14-13-15-23-34-48(58-51(55)38-29-43-52-41-27-28-42-52)35-24-17-18-26-37-50(54)57-45-40-47(32-21-11-7-3)33-22-12-8-4/h46-48H,5-45H2,1-4H3. The Kier molecular flexibility index (Phi) is 38.2. The van der Waals surface area contributed by atoms with Crippen molar-refractivity contribution >= 4 is 17.9 Å². The summed E-state index contributed by atoms with van der Waals surface area (Å²) >= 11 is 0. The zero-order chi connectivity index (χ0) is 42.2. The van der Waals surface area contributed by atoms with Gasteiger partial charge in [-0.05, 0) is 102 Å². The zero-order valence-electron chi connectivity index (χ0n) is 39.1. The number of hydrogen-bond acceptors (Lipinski definition) is 7. The summed E-state index contributed by atoms with van der Waals surface area (Å²) in [6.07, 6.45) is 39.7. The van der Waals surface area contributed by atoms with Crippen LogP contribution < -0.4 is 0 Å². The van der Waals surface area contributed by atoms with E-state index in [-0.39, 0.29) is 24.0 Å². The van der Waals surface area contributed by atoms with E-state index in [1.54, 1.807) is 0 Å². The number of likely N-dealkylation sites (tertiary alicyclic amines) is 1. The maximum atomic E-state index is 12.8. The largest absolute Gasteiger partial charge is 0.466 e. The summed E-state index contributed by atoms with van der Waals surface area (Å²) in [4.78, 5) is 40.1. The van der Waals surface area contributed by atoms with Crippen LogP contribution in [0.4, 0.5) is 0 Å². The van der Waals surface area contributed by atoms with Crippen molar-refractivity contribution in [1.82, 2.24) is 4.90 Å². The van der Waals surface area contributed by atoms with Gasteiger partial charge in [-0.15, -0.1) is 0 Å². The van der Waals surface area contributed by atoms with Crippen LogP contribution in [0.1, 0.15) is 259 Å². The second kappa shape index (κ2) is 40.8. The summed E-state index contributed by atoms with van der Waals surface area (Å²) in [6.45, 7) is 13.5. The first-order valence-electron chi connectivity index (χ1n) is 25.6. The lowest BCUT2D eigenvalue weighted by atomic mass is 9.92. The normalized spacial score (nSPS) is 13.8. The third-order valence-electron chi connectivity index (χ3n) is 12.6. The van der Waals surface area contributed by atoms with Crippen LogP contribution >= 0.6 is 0 Å². The summed E-state index contributed by atoms with van der Waals surface area (Å²) in [5.41, 5.74) is 0. The van der Waals surface area contributed by atoms with Crippen molar-refractivity contribution < 1.29 is 28.6 Å². The molecule has 0 bridgehead atoms. The van der Waals surface area contributed by atoms with Gasteiger partial charge in [0.2, 0.25) is 0 Å². The van der Waals surface area contributed by atoms with E-state index in [1.165, 1.54) is 116 Å². The molecule has 0 spiro atoms. The molecule has 0 aromatic heterocycles. The highest BCUT2D eigenvalue weighted by molar-refractivity contribution is 5.70. The third kappa shape index (κ3) is 34.1. The molecular formula is C51H97NO6. The number of nitrogens with zero attached hydrogens (tertiary/aromatic N) is 1. The molecule has 1 fully saturated rings. The molecule has 1 aliphatic heterocycles. The van der Waals surface area contributed by atoms with Gasteiger partial charge in [-0.25, -0.2) is 0 Å². The Balaban J connectivity index is 2.30. The lowest BCUT2D eigenvalue weighted by molar-refractivity contribution is -0.150. The minimum atomic E-state index is -0.0452. The lowest BCUT2D eigenvalue weighted by Gasteiger charge is -2.19. The van der Waals surface area contributed by atoms with Gasteiger partial charge in [-0.2, -0.15) is 0 Å². The molecule has 0 aromatic carbocycles. The molecule has 0 N–H and O–H groups in total. The van der Waals surface area contributed by atoms with Crippen molar-refractivity contribution in [2.75, 3.05) is 32.8 Å². The average molecular weight is 820 g/mol. The van der Waals surface area contributed by atoms with Crippen molar-refractivity contribution in [3.8, 4) is 0 Å². The van der Waals surface area contributed by atoms with E-state index < -0.39 is 0 Å². The maximum absolute atomic E-state index is 12.8. The Bertz CT molecular complexity index is 916. The van der Waals surface area contributed by atoms with Crippen LogP contribution in [-0.4, -0.2) is 61.8 Å². The van der Waals surface area contributed by atoms with Crippen LogP contribution in [0, 0.1) is 11.8 Å². The van der Waals surface area contributed by atoms with Crippen molar-refractivity contribution in [1.29, 1.82) is 0 Å². The van der Waals surface area contributed by atoms with E-state index >= 15 is 0 Å². The lowest BCUT2D eigenvalue weighted by Crippen LogP contribution is -2.23. The van der Waals surface area contributed by atoms with E-state index in [2.05, 4.69) is 32.6 Å². The van der Waals surface area contributed by atoms with Crippen molar-refractivity contribution in [2.45, 2.75) is 265 Å². The molecule has 0 saturated carbocycles. The molecule has 342 valence electrons. The average Bonchev–Trinajstić information content (AvgIpc) is 3.73. The van der Waals surface area contributed by atoms with Gasteiger partial charge in [0.25, 0.3) is 0 Å². The van der Waals surface area contributed by atoms with Crippen molar-refractivity contribution in [2.24, 2.45) is 11.8 Å². The smallest absolute Gasteiger partial charge is 0.306 e.